The summed E-state index contributed by atoms with van der Waals surface area (Å²) >= 11 is 3.57. The molecule has 1 aromatic heterocycles. The molecule has 0 saturated carbocycles. The van der Waals surface area contributed by atoms with Crippen molar-refractivity contribution in [2.24, 2.45) is 5.10 Å². The molecule has 7 heteroatoms. The van der Waals surface area contributed by atoms with Crippen molar-refractivity contribution in [3.05, 3.63) is 99.9 Å². The summed E-state index contributed by atoms with van der Waals surface area (Å²) < 4.78 is 22.6. The summed E-state index contributed by atoms with van der Waals surface area (Å²) in [6, 6.07) is 20.2. The number of hydrogen-bond donors (Lipinski definition) is 0. The number of para-hydroxylation sites is 1. The van der Waals surface area contributed by atoms with Crippen LogP contribution in [0.2, 0.25) is 0 Å². The SMILES string of the molecule is CC(=O)n1cc([C@@H]2Oc3ccc(Br)cc3[C@H]3CC(c4ccc(F)cc4)=NN32)c2ccccc21. The molecule has 6 rings (SSSR count). The maximum absolute atomic E-state index is 13.5. The zero-order chi connectivity index (χ0) is 22.7. The van der Waals surface area contributed by atoms with E-state index in [2.05, 4.69) is 22.0 Å². The molecule has 0 amide bonds. The van der Waals surface area contributed by atoms with E-state index in [0.29, 0.717) is 6.42 Å². The maximum Gasteiger partial charge on any atom is 0.227 e. The molecule has 0 radical (unpaired) electrons. The Morgan fingerprint density at radius 3 is 2.67 bits per heavy atom. The lowest BCUT2D eigenvalue weighted by Gasteiger charge is -2.38. The minimum absolute atomic E-state index is 0.0456. The van der Waals surface area contributed by atoms with Gasteiger partial charge in [-0.25, -0.2) is 9.40 Å². The van der Waals surface area contributed by atoms with Crippen LogP contribution in [-0.4, -0.2) is 21.2 Å². The molecular weight excluding hydrogens is 485 g/mol. The first-order valence-corrected chi connectivity index (χ1v) is 11.5. The second kappa shape index (κ2) is 7.56. The quantitative estimate of drug-likeness (QED) is 0.316. The molecule has 0 unspecified atom stereocenters. The molecule has 0 bridgehead atoms. The van der Waals surface area contributed by atoms with Crippen LogP contribution >= 0.6 is 15.9 Å². The summed E-state index contributed by atoms with van der Waals surface area (Å²) in [5, 5.41) is 7.87. The fourth-order valence-electron chi connectivity index (χ4n) is 4.74. The van der Waals surface area contributed by atoms with Crippen molar-refractivity contribution in [2.75, 3.05) is 0 Å². The highest BCUT2D eigenvalue weighted by atomic mass is 79.9. The Balaban J connectivity index is 1.52. The van der Waals surface area contributed by atoms with Crippen molar-refractivity contribution in [2.45, 2.75) is 25.6 Å². The number of ether oxygens (including phenoxy) is 1. The summed E-state index contributed by atoms with van der Waals surface area (Å²) in [5.74, 6) is 0.452. The lowest BCUT2D eigenvalue weighted by Crippen LogP contribution is -2.33. The largest absolute Gasteiger partial charge is 0.464 e. The minimum atomic E-state index is -0.507. The van der Waals surface area contributed by atoms with Gasteiger partial charge in [-0.2, -0.15) is 5.10 Å². The topological polar surface area (TPSA) is 46.8 Å². The van der Waals surface area contributed by atoms with Crippen LogP contribution in [0.3, 0.4) is 0 Å². The van der Waals surface area contributed by atoms with Gasteiger partial charge in [0.1, 0.15) is 11.6 Å². The summed E-state index contributed by atoms with van der Waals surface area (Å²) in [6.07, 6.45) is 2.01. The van der Waals surface area contributed by atoms with Gasteiger partial charge >= 0.3 is 0 Å². The first kappa shape index (κ1) is 20.2. The molecule has 0 fully saturated rings. The predicted octanol–water partition coefficient (Wildman–Crippen LogP) is 6.45. The Labute approximate surface area is 198 Å². The average molecular weight is 504 g/mol. The number of benzene rings is 3. The molecular formula is C26H19BrFN3O2. The van der Waals surface area contributed by atoms with Crippen molar-refractivity contribution >= 4 is 38.5 Å². The highest BCUT2D eigenvalue weighted by Crippen LogP contribution is 2.49. The van der Waals surface area contributed by atoms with Crippen LogP contribution in [0.4, 0.5) is 4.39 Å². The highest BCUT2D eigenvalue weighted by Gasteiger charge is 2.42. The molecule has 3 aromatic carbocycles. The maximum atomic E-state index is 13.5. The average Bonchev–Trinajstić information content (AvgIpc) is 3.42. The first-order chi connectivity index (χ1) is 16.0. The normalized spacial score (nSPS) is 19.1. The van der Waals surface area contributed by atoms with Crippen molar-refractivity contribution in [3.63, 3.8) is 0 Å². The number of halogens is 2. The monoisotopic (exact) mass is 503 g/mol. The third kappa shape index (κ3) is 3.26. The van der Waals surface area contributed by atoms with Gasteiger partial charge in [0.15, 0.2) is 0 Å². The standard InChI is InChI=1S/C26H19BrFN3O2/c1-15(32)30-14-21(19-4-2-3-5-23(19)30)26-31-24(20-12-17(27)8-11-25(20)33-26)13-22(29-31)16-6-9-18(28)10-7-16/h2-12,14,24,26H,13H2,1H3/t24-,26+/m1/s1. The number of carbonyl (C=O) groups is 1. The van der Waals surface area contributed by atoms with Crippen LogP contribution in [0.5, 0.6) is 5.75 Å². The second-order valence-electron chi connectivity index (χ2n) is 8.30. The molecule has 0 N–H and O–H groups in total. The number of carbonyl (C=O) groups excluding carboxylic acids is 1. The van der Waals surface area contributed by atoms with E-state index in [9.17, 15) is 9.18 Å². The third-order valence-electron chi connectivity index (χ3n) is 6.28. The highest BCUT2D eigenvalue weighted by molar-refractivity contribution is 9.10. The minimum Gasteiger partial charge on any atom is -0.464 e. The van der Waals surface area contributed by atoms with E-state index in [1.54, 1.807) is 23.6 Å². The van der Waals surface area contributed by atoms with Crippen molar-refractivity contribution in [1.29, 1.82) is 0 Å². The predicted molar refractivity (Wildman–Crippen MR) is 128 cm³/mol. The van der Waals surface area contributed by atoms with Crippen LogP contribution in [-0.2, 0) is 0 Å². The Hall–Kier alpha value is -3.45. The Morgan fingerprint density at radius 2 is 1.88 bits per heavy atom. The van der Waals surface area contributed by atoms with Crippen LogP contribution in [0.1, 0.15) is 47.1 Å². The molecule has 2 aliphatic heterocycles. The molecule has 33 heavy (non-hydrogen) atoms. The van der Waals surface area contributed by atoms with Crippen LogP contribution in [0.15, 0.2) is 82.5 Å². The summed E-state index contributed by atoms with van der Waals surface area (Å²) in [5.41, 5.74) is 4.51. The van der Waals surface area contributed by atoms with Gasteiger partial charge in [-0.1, -0.05) is 46.3 Å². The van der Waals surface area contributed by atoms with Gasteiger partial charge in [-0.15, -0.1) is 0 Å². The molecule has 4 aromatic rings. The van der Waals surface area contributed by atoms with Gasteiger partial charge in [-0.3, -0.25) is 9.36 Å². The summed E-state index contributed by atoms with van der Waals surface area (Å²) in [7, 11) is 0. The van der Waals surface area contributed by atoms with Crippen molar-refractivity contribution < 1.29 is 13.9 Å². The van der Waals surface area contributed by atoms with E-state index < -0.39 is 6.23 Å². The zero-order valence-corrected chi connectivity index (χ0v) is 19.3. The molecule has 0 aliphatic carbocycles. The van der Waals surface area contributed by atoms with E-state index in [4.69, 9.17) is 9.84 Å². The van der Waals surface area contributed by atoms with Gasteiger partial charge in [0, 0.05) is 40.5 Å². The van der Waals surface area contributed by atoms with Crippen molar-refractivity contribution in [3.8, 4) is 5.75 Å². The number of fused-ring (bicyclic) bond motifs is 4. The van der Waals surface area contributed by atoms with E-state index in [-0.39, 0.29) is 17.8 Å². The molecule has 0 spiro atoms. The van der Waals surface area contributed by atoms with Crippen LogP contribution < -0.4 is 4.74 Å². The smallest absolute Gasteiger partial charge is 0.227 e. The fraction of sp³-hybridized carbons (Fsp3) is 0.154. The van der Waals surface area contributed by atoms with Crippen molar-refractivity contribution in [1.82, 2.24) is 9.58 Å². The number of hydrogen-bond acceptors (Lipinski definition) is 4. The molecule has 2 atom stereocenters. The number of rotatable bonds is 2. The zero-order valence-electron chi connectivity index (χ0n) is 17.7. The number of nitrogens with zero attached hydrogens (tertiary/aromatic N) is 3. The summed E-state index contributed by atoms with van der Waals surface area (Å²) in [6.45, 7) is 1.55. The van der Waals surface area contributed by atoms with Gasteiger partial charge < -0.3 is 4.74 Å². The van der Waals surface area contributed by atoms with Gasteiger partial charge in [0.2, 0.25) is 12.1 Å². The molecule has 0 saturated heterocycles. The van der Waals surface area contributed by atoms with E-state index in [1.165, 1.54) is 12.1 Å². The second-order valence-corrected chi connectivity index (χ2v) is 9.21. The summed E-state index contributed by atoms with van der Waals surface area (Å²) in [4.78, 5) is 12.3. The number of hydrazone groups is 1. The molecule has 3 heterocycles. The third-order valence-corrected chi connectivity index (χ3v) is 6.77. The first-order valence-electron chi connectivity index (χ1n) is 10.7. The Kier molecular flexibility index (Phi) is 4.62. The molecule has 164 valence electrons. The molecule has 5 nitrogen and oxygen atoms in total. The van der Waals surface area contributed by atoms with Gasteiger partial charge in [-0.05, 0) is 42.0 Å². The Morgan fingerprint density at radius 1 is 1.09 bits per heavy atom. The fourth-order valence-corrected chi connectivity index (χ4v) is 5.12. The van der Waals surface area contributed by atoms with E-state index >= 15 is 0 Å². The van der Waals surface area contributed by atoms with Crippen LogP contribution in [0.25, 0.3) is 10.9 Å². The molecule has 2 aliphatic rings. The van der Waals surface area contributed by atoms with Crippen LogP contribution in [0, 0.1) is 5.82 Å². The van der Waals surface area contributed by atoms with E-state index in [0.717, 1.165) is 43.5 Å². The lowest BCUT2D eigenvalue weighted by molar-refractivity contribution is -0.0181. The Bertz CT molecular complexity index is 1440. The van der Waals surface area contributed by atoms with Gasteiger partial charge in [0.05, 0.1) is 17.3 Å². The van der Waals surface area contributed by atoms with Gasteiger partial charge in [0.25, 0.3) is 0 Å². The number of aromatic nitrogens is 1. The van der Waals surface area contributed by atoms with E-state index in [1.807, 2.05) is 47.6 Å². The lowest BCUT2D eigenvalue weighted by atomic mass is 9.96.